The zero-order valence-corrected chi connectivity index (χ0v) is 10.0. The minimum Gasteiger partial charge on any atom is -0.321 e. The van der Waals surface area contributed by atoms with Crippen LogP contribution in [0.3, 0.4) is 0 Å². The van der Waals surface area contributed by atoms with Gasteiger partial charge in [0.15, 0.2) is 0 Å². The fourth-order valence-electron chi connectivity index (χ4n) is 2.57. The van der Waals surface area contributed by atoms with Crippen LogP contribution in [0.5, 0.6) is 0 Å². The Labute approximate surface area is 101 Å². The van der Waals surface area contributed by atoms with Gasteiger partial charge < -0.3 is 5.73 Å². The smallest absolute Gasteiger partial charge is 0.0648 e. The van der Waals surface area contributed by atoms with Crippen LogP contribution in [0, 0.1) is 5.92 Å². The molecular weight excluding hydrogens is 210 g/mol. The van der Waals surface area contributed by atoms with E-state index in [0.29, 0.717) is 5.92 Å². The zero-order valence-electron chi connectivity index (χ0n) is 10.0. The molecule has 3 nitrogen and oxygen atoms in total. The number of rotatable bonds is 3. The molecule has 1 aromatic carbocycles. The number of hydrogen-bond acceptors (Lipinski definition) is 2. The first kappa shape index (κ1) is 10.5. The third kappa shape index (κ3) is 1.67. The summed E-state index contributed by atoms with van der Waals surface area (Å²) < 4.78 is 1.87. The predicted octanol–water partition coefficient (Wildman–Crippen LogP) is 2.46. The summed E-state index contributed by atoms with van der Waals surface area (Å²) >= 11 is 0. The van der Waals surface area contributed by atoms with Crippen molar-refractivity contribution in [1.82, 2.24) is 9.78 Å². The van der Waals surface area contributed by atoms with E-state index in [0.717, 1.165) is 18.5 Å². The highest BCUT2D eigenvalue weighted by Gasteiger charge is 2.50. The average molecular weight is 227 g/mol. The molecule has 2 N–H and O–H groups in total. The maximum atomic E-state index is 6.42. The molecule has 1 heterocycles. The molecule has 0 unspecified atom stereocenters. The first-order chi connectivity index (χ1) is 8.24. The molecular formula is C14H17N3. The summed E-state index contributed by atoms with van der Waals surface area (Å²) in [6.07, 6.45) is 6.00. The molecule has 1 saturated carbocycles. The average Bonchev–Trinajstić information content (AvgIpc) is 2.81. The van der Waals surface area contributed by atoms with Gasteiger partial charge in [0.1, 0.15) is 0 Å². The topological polar surface area (TPSA) is 43.8 Å². The summed E-state index contributed by atoms with van der Waals surface area (Å²) in [7, 11) is 0. The fraction of sp³-hybridized carbons (Fsp3) is 0.357. The van der Waals surface area contributed by atoms with Crippen molar-refractivity contribution in [3.8, 4) is 5.69 Å². The van der Waals surface area contributed by atoms with Crippen molar-refractivity contribution in [2.75, 3.05) is 0 Å². The lowest BCUT2D eigenvalue weighted by atomic mass is 10.0. The van der Waals surface area contributed by atoms with Gasteiger partial charge >= 0.3 is 0 Å². The Balaban J connectivity index is 1.96. The summed E-state index contributed by atoms with van der Waals surface area (Å²) in [5.41, 5.74) is 8.63. The van der Waals surface area contributed by atoms with Crippen molar-refractivity contribution in [2.24, 2.45) is 11.7 Å². The number of aromatic nitrogens is 2. The third-order valence-electron chi connectivity index (χ3n) is 3.80. The Kier molecular flexibility index (Phi) is 2.30. The van der Waals surface area contributed by atoms with Gasteiger partial charge in [-0.15, -0.1) is 0 Å². The lowest BCUT2D eigenvalue weighted by molar-refractivity contribution is 0.614. The number of benzene rings is 1. The Hall–Kier alpha value is -1.61. The van der Waals surface area contributed by atoms with Gasteiger partial charge in [-0.1, -0.05) is 25.5 Å². The van der Waals surface area contributed by atoms with E-state index in [-0.39, 0.29) is 5.54 Å². The highest BCUT2D eigenvalue weighted by Crippen LogP contribution is 2.51. The highest BCUT2D eigenvalue weighted by molar-refractivity contribution is 5.41. The summed E-state index contributed by atoms with van der Waals surface area (Å²) in [5, 5.41) is 4.25. The molecule has 1 aromatic heterocycles. The first-order valence-electron chi connectivity index (χ1n) is 6.13. The second-order valence-electron chi connectivity index (χ2n) is 4.85. The van der Waals surface area contributed by atoms with E-state index in [2.05, 4.69) is 36.3 Å². The molecule has 2 atom stereocenters. The van der Waals surface area contributed by atoms with E-state index in [1.807, 2.05) is 16.9 Å². The fourth-order valence-corrected chi connectivity index (χ4v) is 2.57. The van der Waals surface area contributed by atoms with Crippen molar-refractivity contribution in [3.05, 3.63) is 48.3 Å². The molecule has 1 aliphatic rings. The van der Waals surface area contributed by atoms with Crippen molar-refractivity contribution in [1.29, 1.82) is 0 Å². The Morgan fingerprint density at radius 3 is 3.00 bits per heavy atom. The molecule has 1 aliphatic carbocycles. The molecule has 0 spiro atoms. The van der Waals surface area contributed by atoms with Crippen molar-refractivity contribution < 1.29 is 0 Å². The van der Waals surface area contributed by atoms with Gasteiger partial charge in [0.05, 0.1) is 5.69 Å². The quantitative estimate of drug-likeness (QED) is 0.875. The molecule has 1 fully saturated rings. The van der Waals surface area contributed by atoms with E-state index in [1.165, 1.54) is 5.56 Å². The normalized spacial score (nSPS) is 27.1. The van der Waals surface area contributed by atoms with Crippen LogP contribution in [0.4, 0.5) is 0 Å². The predicted molar refractivity (Wildman–Crippen MR) is 67.8 cm³/mol. The lowest BCUT2D eigenvalue weighted by Crippen LogP contribution is -2.22. The number of hydrogen-bond donors (Lipinski definition) is 1. The summed E-state index contributed by atoms with van der Waals surface area (Å²) in [6.45, 7) is 2.20. The van der Waals surface area contributed by atoms with E-state index in [9.17, 15) is 0 Å². The highest BCUT2D eigenvalue weighted by atomic mass is 15.3. The molecule has 2 aromatic rings. The zero-order chi connectivity index (χ0) is 11.9. The Morgan fingerprint density at radius 2 is 2.35 bits per heavy atom. The van der Waals surface area contributed by atoms with Gasteiger partial charge in [0.25, 0.3) is 0 Å². The van der Waals surface area contributed by atoms with Gasteiger partial charge in [-0.3, -0.25) is 0 Å². The summed E-state index contributed by atoms with van der Waals surface area (Å²) in [4.78, 5) is 0. The van der Waals surface area contributed by atoms with Crippen molar-refractivity contribution >= 4 is 0 Å². The van der Waals surface area contributed by atoms with Crippen LogP contribution in [-0.2, 0) is 5.54 Å². The largest absolute Gasteiger partial charge is 0.321 e. The summed E-state index contributed by atoms with van der Waals surface area (Å²) in [6, 6.07) is 10.3. The maximum absolute atomic E-state index is 6.42. The minimum atomic E-state index is -0.0993. The third-order valence-corrected chi connectivity index (χ3v) is 3.80. The first-order valence-corrected chi connectivity index (χ1v) is 6.13. The van der Waals surface area contributed by atoms with E-state index in [4.69, 9.17) is 5.73 Å². The van der Waals surface area contributed by atoms with E-state index in [1.54, 1.807) is 6.20 Å². The molecule has 0 amide bonds. The van der Waals surface area contributed by atoms with Crippen LogP contribution in [0.15, 0.2) is 42.7 Å². The molecule has 3 rings (SSSR count). The van der Waals surface area contributed by atoms with Crippen molar-refractivity contribution in [3.63, 3.8) is 0 Å². The van der Waals surface area contributed by atoms with Crippen molar-refractivity contribution in [2.45, 2.75) is 25.3 Å². The van der Waals surface area contributed by atoms with Gasteiger partial charge in [-0.2, -0.15) is 5.10 Å². The standard InChI is InChI=1S/C14H17N3/c1-2-11-10-14(11,15)12-5-3-6-13(9-12)17-8-4-7-16-17/h3-9,11H,2,10,15H2,1H3/t11-,14-/m1/s1. The molecule has 0 aliphatic heterocycles. The van der Waals surface area contributed by atoms with Gasteiger partial charge in [-0.05, 0) is 36.1 Å². The van der Waals surface area contributed by atoms with Crippen LogP contribution >= 0.6 is 0 Å². The number of nitrogens with two attached hydrogens (primary N) is 1. The van der Waals surface area contributed by atoms with Crippen LogP contribution in [0.25, 0.3) is 5.69 Å². The molecule has 0 bridgehead atoms. The van der Waals surface area contributed by atoms with Gasteiger partial charge in [-0.25, -0.2) is 4.68 Å². The SMILES string of the molecule is CC[C@@H]1C[C@]1(N)c1cccc(-n2cccn2)c1. The molecule has 3 heteroatoms. The molecule has 0 saturated heterocycles. The van der Waals surface area contributed by atoms with Gasteiger partial charge in [0, 0.05) is 17.9 Å². The van der Waals surface area contributed by atoms with Crippen LogP contribution in [-0.4, -0.2) is 9.78 Å². The monoisotopic (exact) mass is 227 g/mol. The van der Waals surface area contributed by atoms with Gasteiger partial charge in [0.2, 0.25) is 0 Å². The Morgan fingerprint density at radius 1 is 1.47 bits per heavy atom. The second kappa shape index (κ2) is 3.70. The summed E-state index contributed by atoms with van der Waals surface area (Å²) in [5.74, 6) is 0.635. The van der Waals surface area contributed by atoms with Crippen LogP contribution in [0.2, 0.25) is 0 Å². The second-order valence-corrected chi connectivity index (χ2v) is 4.85. The molecule has 0 radical (unpaired) electrons. The maximum Gasteiger partial charge on any atom is 0.0648 e. The van der Waals surface area contributed by atoms with Crippen LogP contribution < -0.4 is 5.73 Å². The molecule has 88 valence electrons. The van der Waals surface area contributed by atoms with Crippen LogP contribution in [0.1, 0.15) is 25.3 Å². The minimum absolute atomic E-state index is 0.0993. The molecule has 17 heavy (non-hydrogen) atoms. The number of nitrogens with zero attached hydrogens (tertiary/aromatic N) is 2. The Bertz CT molecular complexity index is 518. The van der Waals surface area contributed by atoms with E-state index < -0.39 is 0 Å². The lowest BCUT2D eigenvalue weighted by Gasteiger charge is -2.13. The van der Waals surface area contributed by atoms with E-state index >= 15 is 0 Å².